The maximum absolute atomic E-state index is 4.04. The molecule has 1 radical (unpaired) electrons. The highest BCUT2D eigenvalue weighted by Gasteiger charge is 2.03. The average molecular weight is 236 g/mol. The van der Waals surface area contributed by atoms with Crippen LogP contribution in [0.3, 0.4) is 0 Å². The Morgan fingerprint density at radius 2 is 1.35 bits per heavy atom. The number of aromatic nitrogens is 1. The molecule has 0 saturated carbocycles. The van der Waals surface area contributed by atoms with Crippen molar-refractivity contribution in [1.82, 2.24) is 4.98 Å². The molecule has 0 aliphatic carbocycles. The third-order valence-corrected chi connectivity index (χ3v) is 3.76. The van der Waals surface area contributed by atoms with Gasteiger partial charge in [-0.15, -0.1) is 11.3 Å². The molecule has 0 unspecified atom stereocenters. The molecule has 3 aromatic rings. The zero-order chi connectivity index (χ0) is 11.5. The quantitative estimate of drug-likeness (QED) is 0.647. The number of rotatable bonds is 2. The highest BCUT2D eigenvalue weighted by Crippen LogP contribution is 2.33. The van der Waals surface area contributed by atoms with E-state index in [0.29, 0.717) is 0 Å². The lowest BCUT2D eigenvalue weighted by molar-refractivity contribution is 1.33. The second-order valence-corrected chi connectivity index (χ2v) is 4.77. The van der Waals surface area contributed by atoms with Crippen LogP contribution in [-0.2, 0) is 0 Å². The highest BCUT2D eigenvalue weighted by molar-refractivity contribution is 7.18. The summed E-state index contributed by atoms with van der Waals surface area (Å²) >= 11 is 1.80. The van der Waals surface area contributed by atoms with E-state index in [1.807, 2.05) is 36.7 Å². The summed E-state index contributed by atoms with van der Waals surface area (Å²) in [7, 11) is 0. The Bertz CT molecular complexity index is 545. The van der Waals surface area contributed by atoms with Gasteiger partial charge in [0.25, 0.3) is 0 Å². The highest BCUT2D eigenvalue weighted by atomic mass is 32.1. The van der Waals surface area contributed by atoms with Crippen LogP contribution in [0, 0.1) is 6.07 Å². The molecule has 0 saturated heterocycles. The maximum Gasteiger partial charge on any atom is 0.0350 e. The van der Waals surface area contributed by atoms with Crippen LogP contribution in [-0.4, -0.2) is 4.98 Å². The Morgan fingerprint density at radius 3 is 2.00 bits per heavy atom. The van der Waals surface area contributed by atoms with E-state index in [1.165, 1.54) is 20.9 Å². The van der Waals surface area contributed by atoms with Crippen molar-refractivity contribution in [1.29, 1.82) is 0 Å². The van der Waals surface area contributed by atoms with Crippen molar-refractivity contribution in [2.24, 2.45) is 0 Å². The molecule has 0 amide bonds. The molecular weight excluding hydrogens is 226 g/mol. The minimum atomic E-state index is 1.22. The van der Waals surface area contributed by atoms with Crippen molar-refractivity contribution in [3.63, 3.8) is 0 Å². The fourth-order valence-electron chi connectivity index (χ4n) is 1.72. The fourth-order valence-corrected chi connectivity index (χ4v) is 2.73. The second kappa shape index (κ2) is 4.52. The molecule has 0 N–H and O–H groups in total. The number of hydrogen-bond donors (Lipinski definition) is 0. The monoisotopic (exact) mass is 236 g/mol. The van der Waals surface area contributed by atoms with Crippen molar-refractivity contribution >= 4 is 11.3 Å². The summed E-state index contributed by atoms with van der Waals surface area (Å²) in [5.41, 5.74) is 2.47. The molecule has 0 aliphatic rings. The predicted octanol–water partition coefficient (Wildman–Crippen LogP) is 4.28. The van der Waals surface area contributed by atoms with Gasteiger partial charge in [0.05, 0.1) is 0 Å². The van der Waals surface area contributed by atoms with E-state index in [0.717, 1.165) is 0 Å². The molecule has 81 valence electrons. The Kier molecular flexibility index (Phi) is 2.72. The lowest BCUT2D eigenvalue weighted by Gasteiger charge is -1.96. The molecule has 0 fully saturated rings. The predicted molar refractivity (Wildman–Crippen MR) is 71.8 cm³/mol. The summed E-state index contributed by atoms with van der Waals surface area (Å²) < 4.78 is 0. The van der Waals surface area contributed by atoms with Crippen LogP contribution < -0.4 is 0 Å². The van der Waals surface area contributed by atoms with Gasteiger partial charge in [-0.2, -0.15) is 0 Å². The molecule has 2 heterocycles. The normalized spacial score (nSPS) is 10.4. The first-order chi connectivity index (χ1) is 8.43. The molecular formula is C15H10NS. The topological polar surface area (TPSA) is 12.9 Å². The lowest BCUT2D eigenvalue weighted by Crippen LogP contribution is -1.71. The van der Waals surface area contributed by atoms with Crippen LogP contribution >= 0.6 is 11.3 Å². The van der Waals surface area contributed by atoms with Crippen molar-refractivity contribution < 1.29 is 0 Å². The first-order valence-corrected chi connectivity index (χ1v) is 6.22. The van der Waals surface area contributed by atoms with Crippen LogP contribution in [0.5, 0.6) is 0 Å². The Hall–Kier alpha value is -1.93. The summed E-state index contributed by atoms with van der Waals surface area (Å²) in [6, 6.07) is 19.5. The summed E-state index contributed by atoms with van der Waals surface area (Å²) in [4.78, 5) is 6.59. The Labute approximate surface area is 104 Å². The Morgan fingerprint density at radius 1 is 0.765 bits per heavy atom. The lowest BCUT2D eigenvalue weighted by atomic mass is 10.2. The van der Waals surface area contributed by atoms with Crippen molar-refractivity contribution in [3.05, 3.63) is 67.0 Å². The standard InChI is InChI=1S/C15H10NS/c1-2-4-12(5-3-1)14-6-7-15(17-14)13-8-10-16-11-9-13/h2-11H. The third kappa shape index (κ3) is 2.12. The van der Waals surface area contributed by atoms with Gasteiger partial charge in [0.1, 0.15) is 0 Å². The molecule has 0 bridgehead atoms. The van der Waals surface area contributed by atoms with E-state index in [2.05, 4.69) is 35.3 Å². The number of benzene rings is 1. The van der Waals surface area contributed by atoms with Crippen molar-refractivity contribution in [3.8, 4) is 20.9 Å². The van der Waals surface area contributed by atoms with Crippen LogP contribution in [0.2, 0.25) is 0 Å². The molecule has 2 heteroatoms. The van der Waals surface area contributed by atoms with Gasteiger partial charge < -0.3 is 0 Å². The van der Waals surface area contributed by atoms with Crippen LogP contribution in [0.4, 0.5) is 0 Å². The number of thiophene rings is 1. The first-order valence-electron chi connectivity index (χ1n) is 5.40. The third-order valence-electron chi connectivity index (χ3n) is 2.57. The Balaban J connectivity index is 1.99. The van der Waals surface area contributed by atoms with E-state index >= 15 is 0 Å². The van der Waals surface area contributed by atoms with Crippen LogP contribution in [0.15, 0.2) is 60.9 Å². The smallest absolute Gasteiger partial charge is 0.0350 e. The van der Waals surface area contributed by atoms with Gasteiger partial charge >= 0.3 is 0 Å². The summed E-state index contributed by atoms with van der Waals surface area (Å²) in [6.07, 6.45) is 3.65. The van der Waals surface area contributed by atoms with Crippen LogP contribution in [0.1, 0.15) is 0 Å². The van der Waals surface area contributed by atoms with Gasteiger partial charge in [-0.05, 0) is 41.5 Å². The fraction of sp³-hybridized carbons (Fsp3) is 0. The molecule has 3 rings (SSSR count). The second-order valence-electron chi connectivity index (χ2n) is 3.69. The van der Waals surface area contributed by atoms with E-state index in [-0.39, 0.29) is 0 Å². The average Bonchev–Trinajstić information content (AvgIpc) is 2.90. The molecule has 2 aromatic heterocycles. The van der Waals surface area contributed by atoms with E-state index < -0.39 is 0 Å². The minimum Gasteiger partial charge on any atom is -0.265 e. The zero-order valence-electron chi connectivity index (χ0n) is 9.13. The van der Waals surface area contributed by atoms with Gasteiger partial charge in [-0.25, -0.2) is 0 Å². The summed E-state index contributed by atoms with van der Waals surface area (Å²) in [5.74, 6) is 0. The van der Waals surface area contributed by atoms with Gasteiger partial charge in [0.15, 0.2) is 0 Å². The van der Waals surface area contributed by atoms with E-state index in [9.17, 15) is 0 Å². The molecule has 0 spiro atoms. The maximum atomic E-state index is 4.04. The largest absolute Gasteiger partial charge is 0.265 e. The van der Waals surface area contributed by atoms with Gasteiger partial charge in [0, 0.05) is 22.1 Å². The van der Waals surface area contributed by atoms with E-state index in [4.69, 9.17) is 0 Å². The molecule has 1 aromatic carbocycles. The summed E-state index contributed by atoms with van der Waals surface area (Å²) in [6.45, 7) is 0. The number of nitrogens with zero attached hydrogens (tertiary/aromatic N) is 1. The van der Waals surface area contributed by atoms with Gasteiger partial charge in [-0.1, -0.05) is 24.3 Å². The van der Waals surface area contributed by atoms with Crippen molar-refractivity contribution in [2.75, 3.05) is 0 Å². The van der Waals surface area contributed by atoms with Gasteiger partial charge in [-0.3, -0.25) is 4.98 Å². The molecule has 17 heavy (non-hydrogen) atoms. The first kappa shape index (κ1) is 10.2. The minimum absolute atomic E-state index is 1.22. The molecule has 0 atom stereocenters. The SMILES string of the molecule is [c]1ccc(-c2ccc(-c3ccncc3)s2)cc1. The van der Waals surface area contributed by atoms with Crippen molar-refractivity contribution in [2.45, 2.75) is 0 Å². The molecule has 1 nitrogen and oxygen atoms in total. The number of pyridine rings is 1. The van der Waals surface area contributed by atoms with E-state index in [1.54, 1.807) is 11.3 Å². The summed E-state index contributed by atoms with van der Waals surface area (Å²) in [5, 5.41) is 0. The van der Waals surface area contributed by atoms with Gasteiger partial charge in [0.2, 0.25) is 0 Å². The zero-order valence-corrected chi connectivity index (χ0v) is 9.95. The molecule has 0 aliphatic heterocycles. The number of hydrogen-bond acceptors (Lipinski definition) is 2. The van der Waals surface area contributed by atoms with Crippen LogP contribution in [0.25, 0.3) is 20.9 Å².